The number of piperidine rings is 1. The van der Waals surface area contributed by atoms with Gasteiger partial charge in [0, 0.05) is 51.6 Å². The maximum absolute atomic E-state index is 9.44. The van der Waals surface area contributed by atoms with E-state index < -0.39 is 0 Å². The summed E-state index contributed by atoms with van der Waals surface area (Å²) in [6.07, 6.45) is 4.25. The van der Waals surface area contributed by atoms with Crippen molar-refractivity contribution in [2.45, 2.75) is 26.7 Å². The fourth-order valence-electron chi connectivity index (χ4n) is 3.98. The van der Waals surface area contributed by atoms with Gasteiger partial charge in [0.25, 0.3) is 0 Å². The van der Waals surface area contributed by atoms with Crippen molar-refractivity contribution < 1.29 is 5.11 Å². The Morgan fingerprint density at radius 2 is 1.85 bits per heavy atom. The lowest BCUT2D eigenvalue weighted by Crippen LogP contribution is -2.35. The number of hydrogen-bond acceptors (Lipinski definition) is 3. The summed E-state index contributed by atoms with van der Waals surface area (Å²) in [7, 11) is 0. The molecule has 2 aromatic heterocycles. The molecule has 1 N–H and O–H groups in total. The first kappa shape index (κ1) is 19.0. The highest BCUT2D eigenvalue weighted by atomic mass is 79.9. The van der Waals surface area contributed by atoms with Crippen LogP contribution in [-0.2, 0) is 0 Å². The molecule has 1 saturated heterocycles. The highest BCUT2D eigenvalue weighted by molar-refractivity contribution is 9.11. The van der Waals surface area contributed by atoms with Gasteiger partial charge in [-0.05, 0) is 78.4 Å². The number of benzene rings is 1. The number of aliphatic hydroxyl groups excluding tert-OH is 1. The van der Waals surface area contributed by atoms with Crippen LogP contribution >= 0.6 is 31.9 Å². The Morgan fingerprint density at radius 1 is 1.11 bits per heavy atom. The van der Waals surface area contributed by atoms with Crippen LogP contribution in [0, 0.1) is 19.8 Å². The molecule has 1 aliphatic heterocycles. The Kier molecular flexibility index (Phi) is 5.32. The average Bonchev–Trinajstić information content (AvgIpc) is 2.97. The molecule has 4 nitrogen and oxygen atoms in total. The molecular formula is C21H23Br2N3O. The number of nitrogens with zero attached hydrogens (tertiary/aromatic N) is 3. The fourth-order valence-corrected chi connectivity index (χ4v) is 5.22. The molecule has 0 radical (unpaired) electrons. The summed E-state index contributed by atoms with van der Waals surface area (Å²) in [4.78, 5) is 7.34. The van der Waals surface area contributed by atoms with Gasteiger partial charge < -0.3 is 10.0 Å². The third-order valence-electron chi connectivity index (χ3n) is 5.44. The minimum Gasteiger partial charge on any atom is -0.396 e. The Hall–Kier alpha value is -1.37. The van der Waals surface area contributed by atoms with Crippen molar-refractivity contribution in [3.8, 4) is 5.69 Å². The highest BCUT2D eigenvalue weighted by Gasteiger charge is 2.23. The van der Waals surface area contributed by atoms with E-state index in [-0.39, 0.29) is 0 Å². The Bertz CT molecular complexity index is 991. The summed E-state index contributed by atoms with van der Waals surface area (Å²) >= 11 is 7.22. The number of anilines is 1. The summed E-state index contributed by atoms with van der Waals surface area (Å²) in [5, 5.41) is 10.7. The first-order valence-electron chi connectivity index (χ1n) is 9.28. The van der Waals surface area contributed by atoms with Crippen LogP contribution in [0.4, 0.5) is 5.69 Å². The van der Waals surface area contributed by atoms with Crippen molar-refractivity contribution in [1.29, 1.82) is 0 Å². The molecule has 1 aromatic carbocycles. The molecule has 0 saturated carbocycles. The minimum absolute atomic E-state index is 0.297. The van der Waals surface area contributed by atoms with Gasteiger partial charge in [0.2, 0.25) is 0 Å². The van der Waals surface area contributed by atoms with Gasteiger partial charge >= 0.3 is 0 Å². The Morgan fingerprint density at radius 3 is 2.52 bits per heavy atom. The summed E-state index contributed by atoms with van der Waals surface area (Å²) in [5.41, 5.74) is 5.59. The van der Waals surface area contributed by atoms with E-state index in [1.807, 2.05) is 0 Å². The summed E-state index contributed by atoms with van der Waals surface area (Å²) in [5.74, 6) is 0.434. The van der Waals surface area contributed by atoms with Gasteiger partial charge in [-0.25, -0.2) is 4.98 Å². The van der Waals surface area contributed by atoms with E-state index in [1.165, 1.54) is 16.6 Å². The number of aromatic nitrogens is 2. The molecule has 4 rings (SSSR count). The highest BCUT2D eigenvalue weighted by Crippen LogP contribution is 2.36. The second kappa shape index (κ2) is 7.57. The van der Waals surface area contributed by atoms with E-state index in [9.17, 15) is 5.11 Å². The van der Waals surface area contributed by atoms with Crippen LogP contribution in [0.15, 0.2) is 39.4 Å². The molecule has 0 bridgehead atoms. The van der Waals surface area contributed by atoms with Gasteiger partial charge in [0.05, 0.1) is 5.69 Å². The minimum atomic E-state index is 0.297. The van der Waals surface area contributed by atoms with Crippen molar-refractivity contribution in [2.24, 2.45) is 5.92 Å². The van der Waals surface area contributed by atoms with Crippen LogP contribution in [0.1, 0.15) is 24.1 Å². The van der Waals surface area contributed by atoms with E-state index >= 15 is 0 Å². The molecule has 142 valence electrons. The number of hydrogen-bond donors (Lipinski definition) is 1. The number of aliphatic hydroxyl groups is 1. The summed E-state index contributed by atoms with van der Waals surface area (Å²) in [6.45, 7) is 6.48. The zero-order valence-electron chi connectivity index (χ0n) is 15.5. The zero-order chi connectivity index (χ0) is 19.1. The maximum Gasteiger partial charge on any atom is 0.147 e. The van der Waals surface area contributed by atoms with Crippen LogP contribution in [0.5, 0.6) is 0 Å². The first-order valence-corrected chi connectivity index (χ1v) is 10.9. The smallest absolute Gasteiger partial charge is 0.147 e. The molecule has 0 amide bonds. The molecule has 27 heavy (non-hydrogen) atoms. The quantitative estimate of drug-likeness (QED) is 0.533. The summed E-state index contributed by atoms with van der Waals surface area (Å²) in [6, 6.07) is 8.42. The van der Waals surface area contributed by atoms with Crippen LogP contribution in [0.2, 0.25) is 0 Å². The van der Waals surface area contributed by atoms with E-state index in [0.717, 1.165) is 51.9 Å². The lowest BCUT2D eigenvalue weighted by Gasteiger charge is -2.33. The van der Waals surface area contributed by atoms with Gasteiger partial charge in [0.1, 0.15) is 5.65 Å². The van der Waals surface area contributed by atoms with Crippen molar-refractivity contribution in [2.75, 3.05) is 24.6 Å². The lowest BCUT2D eigenvalue weighted by molar-refractivity contribution is 0.203. The predicted octanol–water partition coefficient (Wildman–Crippen LogP) is 5.38. The summed E-state index contributed by atoms with van der Waals surface area (Å²) < 4.78 is 4.25. The lowest BCUT2D eigenvalue weighted by atomic mass is 9.97. The topological polar surface area (TPSA) is 41.3 Å². The third-order valence-corrected chi connectivity index (χ3v) is 6.56. The molecule has 1 fully saturated rings. The largest absolute Gasteiger partial charge is 0.396 e. The molecule has 1 aliphatic rings. The Balaban J connectivity index is 1.84. The first-order chi connectivity index (χ1) is 13.0. The average molecular weight is 493 g/mol. The third kappa shape index (κ3) is 3.55. The van der Waals surface area contributed by atoms with E-state index in [0.29, 0.717) is 12.5 Å². The molecule has 0 unspecified atom stereocenters. The zero-order valence-corrected chi connectivity index (χ0v) is 18.7. The van der Waals surface area contributed by atoms with Crippen LogP contribution < -0.4 is 4.90 Å². The van der Waals surface area contributed by atoms with E-state index in [2.05, 4.69) is 85.6 Å². The van der Waals surface area contributed by atoms with Crippen molar-refractivity contribution in [3.63, 3.8) is 0 Å². The number of rotatable bonds is 3. The van der Waals surface area contributed by atoms with Crippen molar-refractivity contribution >= 4 is 48.6 Å². The van der Waals surface area contributed by atoms with Gasteiger partial charge in [-0.3, -0.25) is 4.57 Å². The monoisotopic (exact) mass is 491 g/mol. The SMILES string of the molecule is Cc1cc(N2CCC(CO)CC2)c2c(C)cn(-c3ccc(Br)cc3Br)c2n1. The van der Waals surface area contributed by atoms with E-state index in [4.69, 9.17) is 4.98 Å². The number of fused-ring (bicyclic) bond motifs is 1. The molecule has 3 aromatic rings. The number of aryl methyl sites for hydroxylation is 2. The van der Waals surface area contributed by atoms with Gasteiger partial charge in [-0.1, -0.05) is 15.9 Å². The van der Waals surface area contributed by atoms with Crippen LogP contribution in [-0.4, -0.2) is 34.4 Å². The van der Waals surface area contributed by atoms with Crippen molar-refractivity contribution in [3.05, 3.63) is 50.7 Å². The molecule has 0 spiro atoms. The maximum atomic E-state index is 9.44. The van der Waals surface area contributed by atoms with Crippen molar-refractivity contribution in [1.82, 2.24) is 9.55 Å². The standard InChI is InChI=1S/C21H23Br2N3O/c1-13-11-26(18-4-3-16(22)10-17(18)23)21-20(13)19(9-14(2)24-21)25-7-5-15(12-27)6-8-25/h3-4,9-11,15,27H,5-8,12H2,1-2H3. The molecule has 0 aliphatic carbocycles. The second-order valence-electron chi connectivity index (χ2n) is 7.37. The molecule has 6 heteroatoms. The number of pyridine rings is 1. The van der Waals surface area contributed by atoms with Gasteiger partial charge in [-0.15, -0.1) is 0 Å². The van der Waals surface area contributed by atoms with E-state index in [1.54, 1.807) is 0 Å². The van der Waals surface area contributed by atoms with Crippen LogP contribution in [0.25, 0.3) is 16.7 Å². The predicted molar refractivity (Wildman–Crippen MR) is 118 cm³/mol. The Labute approximate surface area is 176 Å². The molecule has 0 atom stereocenters. The fraction of sp³-hybridized carbons (Fsp3) is 0.381. The molecule has 3 heterocycles. The number of halogens is 2. The normalized spacial score (nSPS) is 15.7. The van der Waals surface area contributed by atoms with Crippen LogP contribution in [0.3, 0.4) is 0 Å². The molecular weight excluding hydrogens is 470 g/mol. The van der Waals surface area contributed by atoms with Gasteiger partial charge in [0.15, 0.2) is 0 Å². The van der Waals surface area contributed by atoms with Gasteiger partial charge in [-0.2, -0.15) is 0 Å². The second-order valence-corrected chi connectivity index (χ2v) is 9.14.